The van der Waals surface area contributed by atoms with Gasteiger partial charge >= 0.3 is 0 Å². The van der Waals surface area contributed by atoms with Gasteiger partial charge in [0.05, 0.1) is 24.4 Å². The highest BCUT2D eigenvalue weighted by molar-refractivity contribution is 7.46. The maximum absolute atomic E-state index is 6.72. The monoisotopic (exact) mass is 414 g/mol. The summed E-state index contributed by atoms with van der Waals surface area (Å²) in [6.07, 6.45) is 5.46. The lowest BCUT2D eigenvalue weighted by atomic mass is 9.57. The van der Waals surface area contributed by atoms with Crippen LogP contribution in [-0.4, -0.2) is 45.3 Å². The van der Waals surface area contributed by atoms with E-state index in [4.69, 9.17) is 18.5 Å². The van der Waals surface area contributed by atoms with Gasteiger partial charge in [-0.15, -0.1) is 0 Å². The Hall–Kier alpha value is 0.270. The second kappa shape index (κ2) is 8.42. The predicted octanol–water partition coefficient (Wildman–Crippen LogP) is 5.89. The molecule has 0 aromatic carbocycles. The van der Waals surface area contributed by atoms with Crippen molar-refractivity contribution >= 4 is 8.38 Å². The van der Waals surface area contributed by atoms with Gasteiger partial charge in [-0.25, -0.2) is 0 Å². The number of hydrogen-bond donors (Lipinski definition) is 0. The molecule has 2 aliphatic carbocycles. The molecule has 3 aliphatic rings. The second-order valence-corrected chi connectivity index (χ2v) is 12.8. The highest BCUT2D eigenvalue weighted by Gasteiger charge is 2.55. The molecule has 2 saturated carbocycles. The van der Waals surface area contributed by atoms with Crippen LogP contribution >= 0.6 is 8.38 Å². The van der Waals surface area contributed by atoms with E-state index in [0.717, 1.165) is 25.7 Å². The molecule has 28 heavy (non-hydrogen) atoms. The molecule has 1 aliphatic heterocycles. The summed E-state index contributed by atoms with van der Waals surface area (Å²) in [6, 6.07) is 0. The molecule has 0 aromatic heterocycles. The first kappa shape index (κ1) is 22.9. The van der Waals surface area contributed by atoms with Gasteiger partial charge < -0.3 is 18.5 Å². The fourth-order valence-electron chi connectivity index (χ4n) is 6.08. The standard InChI is InChI=1S/C23H43O4P/c1-22(2,3)18-12-14(24-7)10-16-17-11-15(25-8)13-19(23(4,5)6)21(17)27-28(9)26-20(16)18/h14-21H,10-13H2,1-9H3. The van der Waals surface area contributed by atoms with Crippen LogP contribution < -0.4 is 0 Å². The van der Waals surface area contributed by atoms with Gasteiger partial charge in [-0.1, -0.05) is 41.5 Å². The molecule has 4 nitrogen and oxygen atoms in total. The van der Waals surface area contributed by atoms with Crippen molar-refractivity contribution < 1.29 is 18.5 Å². The molecule has 0 aromatic rings. The van der Waals surface area contributed by atoms with Crippen LogP contribution in [0.3, 0.4) is 0 Å². The molecule has 0 radical (unpaired) electrons. The second-order valence-electron chi connectivity index (χ2n) is 11.5. The molecule has 5 heteroatoms. The summed E-state index contributed by atoms with van der Waals surface area (Å²) in [4.78, 5) is 0. The molecule has 1 saturated heterocycles. The maximum Gasteiger partial charge on any atom is 0.167 e. The number of methoxy groups -OCH3 is 2. The Labute approximate surface area is 174 Å². The van der Waals surface area contributed by atoms with Crippen molar-refractivity contribution in [2.75, 3.05) is 20.9 Å². The molecule has 0 spiro atoms. The summed E-state index contributed by atoms with van der Waals surface area (Å²) in [5.74, 6) is 1.92. The molecule has 0 N–H and O–H groups in total. The normalized spacial score (nSPS) is 45.1. The molecule has 3 rings (SSSR count). The highest BCUT2D eigenvalue weighted by Crippen LogP contribution is 2.59. The quantitative estimate of drug-likeness (QED) is 0.528. The van der Waals surface area contributed by atoms with Crippen molar-refractivity contribution in [2.45, 2.75) is 91.6 Å². The fraction of sp³-hybridized carbons (Fsp3) is 1.00. The Kier molecular flexibility index (Phi) is 6.90. The molecule has 8 atom stereocenters. The van der Waals surface area contributed by atoms with Crippen LogP contribution in [0.25, 0.3) is 0 Å². The Balaban J connectivity index is 2.00. The third kappa shape index (κ3) is 4.62. The Morgan fingerprint density at radius 3 is 1.32 bits per heavy atom. The Bertz CT molecular complexity index is 480. The van der Waals surface area contributed by atoms with Crippen molar-refractivity contribution in [2.24, 2.45) is 34.5 Å². The summed E-state index contributed by atoms with van der Waals surface area (Å²) in [7, 11) is 2.88. The van der Waals surface area contributed by atoms with E-state index < -0.39 is 8.38 Å². The van der Waals surface area contributed by atoms with Gasteiger partial charge in [-0.05, 0) is 60.2 Å². The number of ether oxygens (including phenoxy) is 2. The van der Waals surface area contributed by atoms with Crippen LogP contribution in [0, 0.1) is 34.5 Å². The van der Waals surface area contributed by atoms with E-state index in [2.05, 4.69) is 48.2 Å². The summed E-state index contributed by atoms with van der Waals surface area (Å²) in [5.41, 5.74) is 0.379. The van der Waals surface area contributed by atoms with Crippen molar-refractivity contribution in [3.63, 3.8) is 0 Å². The van der Waals surface area contributed by atoms with E-state index in [0.29, 0.717) is 35.9 Å². The van der Waals surface area contributed by atoms with E-state index in [9.17, 15) is 0 Å². The van der Waals surface area contributed by atoms with Gasteiger partial charge in [-0.2, -0.15) is 0 Å². The average molecular weight is 415 g/mol. The van der Waals surface area contributed by atoms with E-state index in [1.807, 2.05) is 14.2 Å². The van der Waals surface area contributed by atoms with Crippen molar-refractivity contribution in [1.29, 1.82) is 0 Å². The van der Waals surface area contributed by atoms with Crippen LogP contribution in [0.2, 0.25) is 0 Å². The first-order chi connectivity index (χ1) is 13.0. The van der Waals surface area contributed by atoms with Crippen LogP contribution in [0.5, 0.6) is 0 Å². The largest absolute Gasteiger partial charge is 0.381 e. The Morgan fingerprint density at radius 2 is 1.04 bits per heavy atom. The highest BCUT2D eigenvalue weighted by atomic mass is 31.2. The summed E-state index contributed by atoms with van der Waals surface area (Å²) >= 11 is 0. The predicted molar refractivity (Wildman–Crippen MR) is 116 cm³/mol. The average Bonchev–Trinajstić information content (AvgIpc) is 2.73. The van der Waals surface area contributed by atoms with Crippen molar-refractivity contribution in [1.82, 2.24) is 0 Å². The lowest BCUT2D eigenvalue weighted by molar-refractivity contribution is -0.120. The SMILES string of the molecule is COC1CC2C3CC(OC)CC(C(C)(C)C)C3OP(C)OC2C(C(C)(C)C)C1. The van der Waals surface area contributed by atoms with Crippen molar-refractivity contribution in [3.8, 4) is 0 Å². The third-order valence-electron chi connectivity index (χ3n) is 7.72. The van der Waals surface area contributed by atoms with Gasteiger partial charge in [0.2, 0.25) is 0 Å². The van der Waals surface area contributed by atoms with Gasteiger partial charge in [0.1, 0.15) is 0 Å². The molecule has 164 valence electrons. The van der Waals surface area contributed by atoms with Crippen molar-refractivity contribution in [3.05, 3.63) is 0 Å². The van der Waals surface area contributed by atoms with Crippen LogP contribution in [0.1, 0.15) is 67.2 Å². The summed E-state index contributed by atoms with van der Waals surface area (Å²) in [6.45, 7) is 16.3. The van der Waals surface area contributed by atoms with Gasteiger partial charge in [0.15, 0.2) is 8.38 Å². The third-order valence-corrected chi connectivity index (χ3v) is 8.80. The molecular weight excluding hydrogens is 371 g/mol. The van der Waals surface area contributed by atoms with Crippen LogP contribution in [0.15, 0.2) is 0 Å². The molecular formula is C23H43O4P. The summed E-state index contributed by atoms with van der Waals surface area (Å²) < 4.78 is 25.3. The fourth-order valence-corrected chi connectivity index (χ4v) is 7.43. The number of fused-ring (bicyclic) bond motifs is 3. The summed E-state index contributed by atoms with van der Waals surface area (Å²) in [5, 5.41) is 0. The van der Waals surface area contributed by atoms with E-state index >= 15 is 0 Å². The first-order valence-corrected chi connectivity index (χ1v) is 12.7. The minimum atomic E-state index is -0.872. The number of hydrogen-bond acceptors (Lipinski definition) is 4. The minimum Gasteiger partial charge on any atom is -0.381 e. The lowest BCUT2D eigenvalue weighted by Crippen LogP contribution is -2.53. The number of rotatable bonds is 2. The first-order valence-electron chi connectivity index (χ1n) is 11.1. The topological polar surface area (TPSA) is 36.9 Å². The maximum atomic E-state index is 6.72. The van der Waals surface area contributed by atoms with Gasteiger partial charge in [-0.3, -0.25) is 0 Å². The minimum absolute atomic E-state index is 0.189. The molecule has 0 amide bonds. The van der Waals surface area contributed by atoms with Crippen LogP contribution in [-0.2, 0) is 18.5 Å². The van der Waals surface area contributed by atoms with Crippen LogP contribution in [0.4, 0.5) is 0 Å². The van der Waals surface area contributed by atoms with Gasteiger partial charge in [0, 0.05) is 20.9 Å². The molecule has 0 bridgehead atoms. The lowest BCUT2D eigenvalue weighted by Gasteiger charge is -2.52. The molecule has 3 fully saturated rings. The molecule has 1 heterocycles. The smallest absolute Gasteiger partial charge is 0.167 e. The zero-order chi connectivity index (χ0) is 20.9. The molecule has 8 unspecified atom stereocenters. The van der Waals surface area contributed by atoms with E-state index in [-0.39, 0.29) is 23.0 Å². The van der Waals surface area contributed by atoms with E-state index in [1.54, 1.807) is 0 Å². The zero-order valence-corrected chi connectivity index (χ0v) is 20.4. The zero-order valence-electron chi connectivity index (χ0n) is 19.5. The Morgan fingerprint density at radius 1 is 0.679 bits per heavy atom. The van der Waals surface area contributed by atoms with E-state index in [1.165, 1.54) is 0 Å². The van der Waals surface area contributed by atoms with Gasteiger partial charge in [0.25, 0.3) is 0 Å².